The van der Waals surface area contributed by atoms with Crippen LogP contribution in [0.25, 0.3) is 10.8 Å². The topological polar surface area (TPSA) is 12.0 Å². The van der Waals surface area contributed by atoms with E-state index in [-0.39, 0.29) is 5.41 Å². The third kappa shape index (κ3) is 1.97. The fourth-order valence-electron chi connectivity index (χ4n) is 3.58. The zero-order valence-electron chi connectivity index (χ0n) is 12.4. The predicted molar refractivity (Wildman–Crippen MR) is 82.6 cm³/mol. The number of benzene rings is 2. The van der Waals surface area contributed by atoms with Crippen molar-refractivity contribution >= 4 is 10.8 Å². The van der Waals surface area contributed by atoms with E-state index in [1.807, 2.05) is 0 Å². The minimum Gasteiger partial charge on any atom is -0.313 e. The fourth-order valence-corrected chi connectivity index (χ4v) is 3.58. The van der Waals surface area contributed by atoms with Gasteiger partial charge in [-0.05, 0) is 52.8 Å². The molecule has 1 atom stereocenters. The summed E-state index contributed by atoms with van der Waals surface area (Å²) in [5.74, 6) is 0. The van der Waals surface area contributed by atoms with E-state index in [0.29, 0.717) is 6.04 Å². The van der Waals surface area contributed by atoms with E-state index in [0.717, 1.165) is 0 Å². The van der Waals surface area contributed by atoms with Gasteiger partial charge in [0.15, 0.2) is 0 Å². The largest absolute Gasteiger partial charge is 0.313 e. The van der Waals surface area contributed by atoms with E-state index in [4.69, 9.17) is 0 Å². The second-order valence-electron chi connectivity index (χ2n) is 6.74. The quantitative estimate of drug-likeness (QED) is 0.844. The molecule has 1 nitrogen and oxygen atoms in total. The molecule has 2 aromatic rings. The Morgan fingerprint density at radius 3 is 2.32 bits per heavy atom. The summed E-state index contributed by atoms with van der Waals surface area (Å²) in [6.07, 6.45) is 2.41. The maximum atomic E-state index is 3.51. The molecule has 0 aliphatic heterocycles. The van der Waals surface area contributed by atoms with Crippen molar-refractivity contribution in [3.05, 3.63) is 47.0 Å². The van der Waals surface area contributed by atoms with Gasteiger partial charge >= 0.3 is 0 Å². The van der Waals surface area contributed by atoms with E-state index in [9.17, 15) is 0 Å². The number of rotatable bonds is 2. The average molecular weight is 253 g/mol. The van der Waals surface area contributed by atoms with Crippen LogP contribution in [0.2, 0.25) is 0 Å². The van der Waals surface area contributed by atoms with Crippen molar-refractivity contribution in [2.24, 2.45) is 5.41 Å². The van der Waals surface area contributed by atoms with E-state index in [2.05, 4.69) is 63.5 Å². The molecule has 0 saturated carbocycles. The molecule has 0 saturated heterocycles. The van der Waals surface area contributed by atoms with Crippen molar-refractivity contribution in [1.29, 1.82) is 0 Å². The zero-order valence-corrected chi connectivity index (χ0v) is 12.4. The maximum absolute atomic E-state index is 3.51. The lowest BCUT2D eigenvalue weighted by Crippen LogP contribution is -2.29. The van der Waals surface area contributed by atoms with Gasteiger partial charge in [-0.15, -0.1) is 0 Å². The number of hydrogen-bond donors (Lipinski definition) is 1. The standard InChI is InChI=1S/C18H23N/c1-18(2,3)17(19-4)15-11-10-13-9-8-12-6-5-7-14(15)16(12)13/h5-7,10-11,17,19H,8-9H2,1-4H3. The Labute approximate surface area is 116 Å². The van der Waals surface area contributed by atoms with Crippen LogP contribution in [0.4, 0.5) is 0 Å². The van der Waals surface area contributed by atoms with E-state index < -0.39 is 0 Å². The molecule has 0 amide bonds. The first-order chi connectivity index (χ1) is 9.02. The van der Waals surface area contributed by atoms with Crippen LogP contribution in [-0.2, 0) is 12.8 Å². The number of hydrogen-bond acceptors (Lipinski definition) is 1. The molecule has 100 valence electrons. The minimum atomic E-state index is 0.216. The van der Waals surface area contributed by atoms with Crippen molar-refractivity contribution < 1.29 is 0 Å². The summed E-state index contributed by atoms with van der Waals surface area (Å²) in [4.78, 5) is 0. The highest BCUT2D eigenvalue weighted by Gasteiger charge is 2.27. The van der Waals surface area contributed by atoms with Gasteiger partial charge in [-0.2, -0.15) is 0 Å². The lowest BCUT2D eigenvalue weighted by atomic mass is 9.80. The first-order valence-electron chi connectivity index (χ1n) is 7.23. The van der Waals surface area contributed by atoms with Gasteiger partial charge in [0, 0.05) is 6.04 Å². The van der Waals surface area contributed by atoms with E-state index in [1.165, 1.54) is 40.3 Å². The molecule has 0 heterocycles. The summed E-state index contributed by atoms with van der Waals surface area (Å²) in [5.41, 5.74) is 4.71. The summed E-state index contributed by atoms with van der Waals surface area (Å²) in [5, 5.41) is 6.47. The van der Waals surface area contributed by atoms with Crippen LogP contribution in [0.1, 0.15) is 43.5 Å². The van der Waals surface area contributed by atoms with Crippen molar-refractivity contribution in [2.45, 2.75) is 39.7 Å². The van der Waals surface area contributed by atoms with Crippen LogP contribution in [0, 0.1) is 5.41 Å². The molecule has 1 unspecified atom stereocenters. The van der Waals surface area contributed by atoms with Crippen LogP contribution in [0.3, 0.4) is 0 Å². The molecule has 0 radical (unpaired) electrons. The smallest absolute Gasteiger partial charge is 0.0372 e. The number of nitrogens with one attached hydrogen (secondary N) is 1. The Bertz CT molecular complexity index is 609. The lowest BCUT2D eigenvalue weighted by molar-refractivity contribution is 0.288. The molecular weight excluding hydrogens is 230 g/mol. The molecule has 1 N–H and O–H groups in total. The van der Waals surface area contributed by atoms with Gasteiger partial charge in [0.1, 0.15) is 0 Å². The first kappa shape index (κ1) is 12.7. The fraction of sp³-hybridized carbons (Fsp3) is 0.444. The molecule has 0 bridgehead atoms. The molecule has 2 aromatic carbocycles. The molecule has 0 fully saturated rings. The summed E-state index contributed by atoms with van der Waals surface area (Å²) >= 11 is 0. The van der Waals surface area contributed by atoms with Crippen LogP contribution < -0.4 is 5.32 Å². The lowest BCUT2D eigenvalue weighted by Gasteiger charge is -2.32. The van der Waals surface area contributed by atoms with Crippen LogP contribution in [-0.4, -0.2) is 7.05 Å². The summed E-state index contributed by atoms with van der Waals surface area (Å²) in [6, 6.07) is 11.8. The summed E-state index contributed by atoms with van der Waals surface area (Å²) < 4.78 is 0. The van der Waals surface area contributed by atoms with E-state index in [1.54, 1.807) is 0 Å². The monoisotopic (exact) mass is 253 g/mol. The molecule has 1 heteroatoms. The van der Waals surface area contributed by atoms with E-state index >= 15 is 0 Å². The first-order valence-corrected chi connectivity index (χ1v) is 7.23. The number of aryl methyl sites for hydroxylation is 2. The maximum Gasteiger partial charge on any atom is 0.0372 e. The summed E-state index contributed by atoms with van der Waals surface area (Å²) in [7, 11) is 2.07. The molecule has 0 spiro atoms. The molecule has 1 aliphatic rings. The third-order valence-electron chi connectivity index (χ3n) is 4.38. The van der Waals surface area contributed by atoms with Gasteiger partial charge in [-0.3, -0.25) is 0 Å². The SMILES string of the molecule is CNC(c1ccc2c3c(cccc13)CC2)C(C)(C)C. The second-order valence-corrected chi connectivity index (χ2v) is 6.74. The van der Waals surface area contributed by atoms with Crippen LogP contribution >= 0.6 is 0 Å². The third-order valence-corrected chi connectivity index (χ3v) is 4.38. The Morgan fingerprint density at radius 1 is 1.00 bits per heavy atom. The van der Waals surface area contributed by atoms with Crippen molar-refractivity contribution in [1.82, 2.24) is 5.32 Å². The highest BCUT2D eigenvalue weighted by Crippen LogP contribution is 2.40. The van der Waals surface area contributed by atoms with Gasteiger partial charge in [0.25, 0.3) is 0 Å². The van der Waals surface area contributed by atoms with Crippen LogP contribution in [0.15, 0.2) is 30.3 Å². The highest BCUT2D eigenvalue weighted by molar-refractivity contribution is 5.93. The zero-order chi connectivity index (χ0) is 13.6. The summed E-state index contributed by atoms with van der Waals surface area (Å²) in [6.45, 7) is 6.91. The molecule has 3 rings (SSSR count). The Morgan fingerprint density at radius 2 is 1.68 bits per heavy atom. The van der Waals surface area contributed by atoms with Crippen molar-refractivity contribution in [3.8, 4) is 0 Å². The highest BCUT2D eigenvalue weighted by atomic mass is 14.9. The molecular formula is C18H23N. The van der Waals surface area contributed by atoms with Gasteiger partial charge in [0.2, 0.25) is 0 Å². The molecule has 0 aromatic heterocycles. The van der Waals surface area contributed by atoms with Crippen molar-refractivity contribution in [2.75, 3.05) is 7.05 Å². The van der Waals surface area contributed by atoms with Gasteiger partial charge in [-0.1, -0.05) is 51.1 Å². The Hall–Kier alpha value is -1.34. The average Bonchev–Trinajstić information content (AvgIpc) is 2.77. The van der Waals surface area contributed by atoms with Crippen molar-refractivity contribution in [3.63, 3.8) is 0 Å². The normalized spacial score (nSPS) is 16.0. The molecule has 19 heavy (non-hydrogen) atoms. The Balaban J connectivity index is 2.26. The van der Waals surface area contributed by atoms with Crippen LogP contribution in [0.5, 0.6) is 0 Å². The Kier molecular flexibility index (Phi) is 2.90. The van der Waals surface area contributed by atoms with Gasteiger partial charge in [0.05, 0.1) is 0 Å². The minimum absolute atomic E-state index is 0.216. The second kappa shape index (κ2) is 4.35. The van der Waals surface area contributed by atoms with Gasteiger partial charge < -0.3 is 5.32 Å². The molecule has 1 aliphatic carbocycles. The predicted octanol–water partition coefficient (Wildman–Crippen LogP) is 4.25. The van der Waals surface area contributed by atoms with Gasteiger partial charge in [-0.25, -0.2) is 0 Å².